The van der Waals surface area contributed by atoms with Crippen LogP contribution in [-0.2, 0) is 6.18 Å². The quantitative estimate of drug-likeness (QED) is 0.495. The number of alkyl halides is 3. The molecule has 166 valence electrons. The van der Waals surface area contributed by atoms with Crippen LogP contribution in [0.5, 0.6) is 0 Å². The third-order valence-electron chi connectivity index (χ3n) is 3.95. The van der Waals surface area contributed by atoms with Crippen LogP contribution in [0, 0.1) is 0 Å². The maximum absolute atomic E-state index is 13.0. The summed E-state index contributed by atoms with van der Waals surface area (Å²) in [6.07, 6.45) is -2.05. The fraction of sp³-hybridized carbons (Fsp3) is 0.150. The van der Waals surface area contributed by atoms with Crippen molar-refractivity contribution in [2.24, 2.45) is 0 Å². The molecule has 0 saturated heterocycles. The Hall–Kier alpha value is -3.18. The molecule has 0 aliphatic carbocycles. The maximum Gasteiger partial charge on any atom is 0.417 e. The molecule has 0 aliphatic heterocycles. The minimum absolute atomic E-state index is 0.195. The van der Waals surface area contributed by atoms with Gasteiger partial charge in [0.25, 0.3) is 11.8 Å². The second kappa shape index (κ2) is 9.96. The SMILES string of the molecule is CCNC(=O)c1cc(Sc2ccc(NC(=O)c3ccc(Cl)c(C(F)(F)F)c3)cn2)ncn1. The number of anilines is 1. The largest absolute Gasteiger partial charge is 0.417 e. The number of amides is 2. The summed E-state index contributed by atoms with van der Waals surface area (Å²) in [6.45, 7) is 2.26. The number of benzene rings is 1. The lowest BCUT2D eigenvalue weighted by Gasteiger charge is -2.11. The third-order valence-corrected chi connectivity index (χ3v) is 5.16. The molecule has 0 saturated carbocycles. The highest BCUT2D eigenvalue weighted by atomic mass is 35.5. The molecular formula is C20H15ClF3N5O2S. The molecule has 2 aromatic heterocycles. The first-order valence-electron chi connectivity index (χ1n) is 9.09. The molecule has 0 fully saturated rings. The molecule has 0 spiro atoms. The standard InChI is InChI=1S/C20H15ClF3N5O2S/c1-2-25-19(31)15-8-17(28-10-27-15)32-16-6-4-12(9-26-16)29-18(30)11-3-5-14(21)13(7-11)20(22,23)24/h3-10H,2H2,1H3,(H,25,31)(H,29,30). The van der Waals surface area contributed by atoms with E-state index in [0.29, 0.717) is 22.7 Å². The number of nitrogens with one attached hydrogen (secondary N) is 2. The second-order valence-electron chi connectivity index (χ2n) is 6.23. The second-order valence-corrected chi connectivity index (χ2v) is 7.68. The van der Waals surface area contributed by atoms with Crippen molar-refractivity contribution in [3.8, 4) is 0 Å². The Morgan fingerprint density at radius 1 is 1.03 bits per heavy atom. The predicted octanol–water partition coefficient (Wildman–Crippen LogP) is 4.70. The van der Waals surface area contributed by atoms with E-state index >= 15 is 0 Å². The Bertz CT molecular complexity index is 1140. The lowest BCUT2D eigenvalue weighted by molar-refractivity contribution is -0.137. The Balaban J connectivity index is 1.68. The average Bonchev–Trinajstić information content (AvgIpc) is 2.75. The summed E-state index contributed by atoms with van der Waals surface area (Å²) >= 11 is 6.75. The van der Waals surface area contributed by atoms with Gasteiger partial charge in [0.1, 0.15) is 22.1 Å². The van der Waals surface area contributed by atoms with E-state index in [-0.39, 0.29) is 22.9 Å². The van der Waals surface area contributed by atoms with Crippen molar-refractivity contribution in [2.75, 3.05) is 11.9 Å². The number of carbonyl (C=O) groups excluding carboxylic acids is 2. The van der Waals surface area contributed by atoms with Crippen LogP contribution in [-0.4, -0.2) is 33.3 Å². The summed E-state index contributed by atoms with van der Waals surface area (Å²) in [4.78, 5) is 36.4. The molecule has 3 aromatic rings. The Kier molecular flexibility index (Phi) is 7.31. The van der Waals surface area contributed by atoms with E-state index in [1.54, 1.807) is 19.1 Å². The van der Waals surface area contributed by atoms with Crippen molar-refractivity contribution < 1.29 is 22.8 Å². The fourth-order valence-corrected chi connectivity index (χ4v) is 3.43. The summed E-state index contributed by atoms with van der Waals surface area (Å²) in [6, 6.07) is 7.57. The summed E-state index contributed by atoms with van der Waals surface area (Å²) in [5, 5.41) is 5.65. The van der Waals surface area contributed by atoms with Gasteiger partial charge in [0.15, 0.2) is 0 Å². The lowest BCUT2D eigenvalue weighted by atomic mass is 10.1. The molecule has 2 heterocycles. The zero-order chi connectivity index (χ0) is 23.3. The van der Waals surface area contributed by atoms with Gasteiger partial charge >= 0.3 is 6.18 Å². The Labute approximate surface area is 189 Å². The molecule has 0 atom stereocenters. The molecule has 0 aliphatic rings. The summed E-state index contributed by atoms with van der Waals surface area (Å²) in [7, 11) is 0. The van der Waals surface area contributed by atoms with Crippen molar-refractivity contribution in [3.63, 3.8) is 0 Å². The van der Waals surface area contributed by atoms with Crippen molar-refractivity contribution in [1.29, 1.82) is 0 Å². The summed E-state index contributed by atoms with van der Waals surface area (Å²) in [5.41, 5.74) is -0.782. The van der Waals surface area contributed by atoms with Gasteiger partial charge in [-0.05, 0) is 49.0 Å². The third kappa shape index (κ3) is 5.95. The number of hydrogen-bond acceptors (Lipinski definition) is 6. The number of aromatic nitrogens is 3. The zero-order valence-electron chi connectivity index (χ0n) is 16.4. The Morgan fingerprint density at radius 3 is 2.47 bits per heavy atom. The molecule has 2 amide bonds. The van der Waals surface area contributed by atoms with Gasteiger partial charge in [-0.3, -0.25) is 9.59 Å². The molecule has 32 heavy (non-hydrogen) atoms. The normalized spacial score (nSPS) is 11.2. The topological polar surface area (TPSA) is 96.9 Å². The first-order valence-corrected chi connectivity index (χ1v) is 10.3. The van der Waals surface area contributed by atoms with Gasteiger partial charge in [0, 0.05) is 18.2 Å². The van der Waals surface area contributed by atoms with E-state index in [9.17, 15) is 22.8 Å². The highest BCUT2D eigenvalue weighted by Gasteiger charge is 2.33. The Morgan fingerprint density at radius 2 is 1.81 bits per heavy atom. The maximum atomic E-state index is 13.0. The van der Waals surface area contributed by atoms with E-state index in [2.05, 4.69) is 25.6 Å². The van der Waals surface area contributed by atoms with E-state index in [1.807, 2.05) is 0 Å². The number of halogens is 4. The monoisotopic (exact) mass is 481 g/mol. The van der Waals surface area contributed by atoms with Crippen molar-refractivity contribution in [2.45, 2.75) is 23.2 Å². The first-order chi connectivity index (χ1) is 15.2. The number of pyridine rings is 1. The van der Waals surface area contributed by atoms with Crippen molar-refractivity contribution in [1.82, 2.24) is 20.3 Å². The van der Waals surface area contributed by atoms with Crippen LogP contribution in [0.1, 0.15) is 33.3 Å². The van der Waals surface area contributed by atoms with Gasteiger partial charge in [0.2, 0.25) is 0 Å². The van der Waals surface area contributed by atoms with E-state index < -0.39 is 22.7 Å². The van der Waals surface area contributed by atoms with Crippen molar-refractivity contribution in [3.05, 3.63) is 70.8 Å². The van der Waals surface area contributed by atoms with Crippen molar-refractivity contribution >= 4 is 40.9 Å². The molecular weight excluding hydrogens is 467 g/mol. The predicted molar refractivity (Wildman–Crippen MR) is 113 cm³/mol. The van der Waals surface area contributed by atoms with Gasteiger partial charge in [-0.2, -0.15) is 13.2 Å². The van der Waals surface area contributed by atoms with Crippen LogP contribution in [0.2, 0.25) is 5.02 Å². The minimum atomic E-state index is -4.67. The van der Waals surface area contributed by atoms with Crippen LogP contribution < -0.4 is 10.6 Å². The van der Waals surface area contributed by atoms with Crippen LogP contribution in [0.25, 0.3) is 0 Å². The van der Waals surface area contributed by atoms with E-state index in [0.717, 1.165) is 6.07 Å². The van der Waals surface area contributed by atoms with Gasteiger partial charge in [-0.15, -0.1) is 0 Å². The minimum Gasteiger partial charge on any atom is -0.351 e. The van der Waals surface area contributed by atoms with Crippen LogP contribution in [0.15, 0.2) is 59.0 Å². The fourth-order valence-electron chi connectivity index (χ4n) is 2.48. The zero-order valence-corrected chi connectivity index (χ0v) is 18.0. The molecule has 1 aromatic carbocycles. The van der Waals surface area contributed by atoms with Gasteiger partial charge < -0.3 is 10.6 Å². The van der Waals surface area contributed by atoms with E-state index in [1.165, 1.54) is 36.4 Å². The van der Waals surface area contributed by atoms with Gasteiger partial charge in [-0.25, -0.2) is 15.0 Å². The lowest BCUT2D eigenvalue weighted by Crippen LogP contribution is -2.23. The molecule has 0 radical (unpaired) electrons. The number of rotatable bonds is 6. The molecule has 0 bridgehead atoms. The molecule has 2 N–H and O–H groups in total. The number of hydrogen-bond donors (Lipinski definition) is 2. The number of carbonyl (C=O) groups is 2. The highest BCUT2D eigenvalue weighted by molar-refractivity contribution is 7.99. The van der Waals surface area contributed by atoms with E-state index in [4.69, 9.17) is 11.6 Å². The van der Waals surface area contributed by atoms with Gasteiger partial charge in [-0.1, -0.05) is 11.6 Å². The summed E-state index contributed by atoms with van der Waals surface area (Å²) in [5.74, 6) is -1.06. The number of nitrogens with zero attached hydrogens (tertiary/aromatic N) is 3. The van der Waals surface area contributed by atoms with Crippen LogP contribution >= 0.6 is 23.4 Å². The first kappa shape index (κ1) is 23.5. The van der Waals surface area contributed by atoms with Gasteiger partial charge in [0.05, 0.1) is 22.5 Å². The van der Waals surface area contributed by atoms with Crippen LogP contribution in [0.3, 0.4) is 0 Å². The molecule has 12 heteroatoms. The smallest absolute Gasteiger partial charge is 0.351 e. The molecule has 0 unspecified atom stereocenters. The molecule has 7 nitrogen and oxygen atoms in total. The molecule has 3 rings (SSSR count). The summed E-state index contributed by atoms with van der Waals surface area (Å²) < 4.78 is 39.0. The average molecular weight is 482 g/mol. The van der Waals surface area contributed by atoms with Crippen LogP contribution in [0.4, 0.5) is 18.9 Å². The highest BCUT2D eigenvalue weighted by Crippen LogP contribution is 2.35.